The molecular weight excluding hydrogens is 322 g/mol. The van der Waals surface area contributed by atoms with Gasteiger partial charge in [-0.15, -0.1) is 0 Å². The molecule has 1 aliphatic rings. The third-order valence-electron chi connectivity index (χ3n) is 4.34. The molecule has 1 aromatic carbocycles. The first-order valence-corrected chi connectivity index (χ1v) is 8.44. The zero-order chi connectivity index (χ0) is 17.6. The van der Waals surface area contributed by atoms with Crippen LogP contribution in [-0.4, -0.2) is 55.9 Å². The van der Waals surface area contributed by atoms with Gasteiger partial charge in [-0.3, -0.25) is 9.69 Å². The molecule has 0 unspecified atom stereocenters. The fourth-order valence-electron chi connectivity index (χ4n) is 3.14. The Kier molecular flexibility index (Phi) is 5.67. The van der Waals surface area contributed by atoms with Crippen LogP contribution in [0.1, 0.15) is 18.4 Å². The number of ether oxygens (including phenoxy) is 1. The van der Waals surface area contributed by atoms with Gasteiger partial charge in [-0.1, -0.05) is 12.1 Å². The van der Waals surface area contributed by atoms with E-state index in [2.05, 4.69) is 4.98 Å². The Balaban J connectivity index is 1.51. The highest BCUT2D eigenvalue weighted by Gasteiger charge is 2.35. The minimum Gasteiger partial charge on any atom is -0.494 e. The lowest BCUT2D eigenvalue weighted by molar-refractivity contribution is -0.142. The van der Waals surface area contributed by atoms with Crippen LogP contribution < -0.4 is 4.74 Å². The lowest BCUT2D eigenvalue weighted by atomic mass is 10.1. The molecule has 7 heteroatoms. The number of carboxylic acids is 1. The van der Waals surface area contributed by atoms with Crippen molar-refractivity contribution in [3.8, 4) is 5.75 Å². The molecule has 7 nitrogen and oxygen atoms in total. The number of nitrogens with zero attached hydrogens (tertiary/aromatic N) is 3. The summed E-state index contributed by atoms with van der Waals surface area (Å²) in [5, 5.41) is 19.0. The molecule has 0 bridgehead atoms. The minimum atomic E-state index is -0.886. The van der Waals surface area contributed by atoms with Crippen LogP contribution in [0.15, 0.2) is 43.0 Å². The summed E-state index contributed by atoms with van der Waals surface area (Å²) in [7, 11) is 0. The number of aliphatic carboxylic acids is 1. The predicted molar refractivity (Wildman–Crippen MR) is 91.2 cm³/mol. The summed E-state index contributed by atoms with van der Waals surface area (Å²) in [5.41, 5.74) is 0.979. The van der Waals surface area contributed by atoms with E-state index in [0.717, 1.165) is 24.3 Å². The number of likely N-dealkylation sites (tertiary alicyclic amines) is 1. The molecule has 2 N–H and O–H groups in total. The second-order valence-corrected chi connectivity index (χ2v) is 6.32. The molecule has 3 rings (SSSR count). The highest BCUT2D eigenvalue weighted by molar-refractivity contribution is 5.74. The zero-order valence-corrected chi connectivity index (χ0v) is 14.0. The standard InChI is InChI=1S/C18H23N3O4/c22-15-10-17(18(23)24)21(12-15)11-14-3-1-4-16(9-14)25-8-2-6-20-7-5-19-13-20/h1,3-5,7,9,13,15,17,22H,2,6,8,10-12H2,(H,23,24)/t15-,17+/m1/s1. The highest BCUT2D eigenvalue weighted by atomic mass is 16.5. The second kappa shape index (κ2) is 8.13. The molecule has 25 heavy (non-hydrogen) atoms. The van der Waals surface area contributed by atoms with Crippen LogP contribution in [0.4, 0.5) is 0 Å². The van der Waals surface area contributed by atoms with Crippen molar-refractivity contribution in [3.05, 3.63) is 48.5 Å². The quantitative estimate of drug-likeness (QED) is 0.703. The molecule has 134 valence electrons. The Labute approximate surface area is 146 Å². The number of hydrogen-bond donors (Lipinski definition) is 2. The smallest absolute Gasteiger partial charge is 0.321 e. The van der Waals surface area contributed by atoms with Gasteiger partial charge in [-0.2, -0.15) is 0 Å². The number of rotatable bonds is 8. The van der Waals surface area contributed by atoms with Crippen molar-refractivity contribution in [3.63, 3.8) is 0 Å². The Morgan fingerprint density at radius 1 is 1.40 bits per heavy atom. The van der Waals surface area contributed by atoms with Gasteiger partial charge in [0.05, 0.1) is 19.0 Å². The molecule has 1 saturated heterocycles. The normalized spacial score (nSPS) is 20.7. The summed E-state index contributed by atoms with van der Waals surface area (Å²) < 4.78 is 7.79. The maximum atomic E-state index is 11.3. The number of β-amino-alcohol motifs (C(OH)–C–C–N with tert-alkyl or cyclic N) is 1. The van der Waals surface area contributed by atoms with Crippen molar-refractivity contribution >= 4 is 5.97 Å². The van der Waals surface area contributed by atoms with Crippen LogP contribution in [0.2, 0.25) is 0 Å². The molecule has 0 saturated carbocycles. The fraction of sp³-hybridized carbons (Fsp3) is 0.444. The summed E-state index contributed by atoms with van der Waals surface area (Å²) in [6.07, 6.45) is 6.03. The number of hydrogen-bond acceptors (Lipinski definition) is 5. The van der Waals surface area contributed by atoms with Crippen molar-refractivity contribution in [1.82, 2.24) is 14.5 Å². The average Bonchev–Trinajstić information content (AvgIpc) is 3.22. The van der Waals surface area contributed by atoms with Gasteiger partial charge in [0.25, 0.3) is 0 Å². The molecule has 2 aromatic rings. The Morgan fingerprint density at radius 3 is 3.04 bits per heavy atom. The third-order valence-corrected chi connectivity index (χ3v) is 4.34. The molecular formula is C18H23N3O4. The number of carbonyl (C=O) groups is 1. The van der Waals surface area contributed by atoms with Gasteiger partial charge in [0, 0.05) is 38.4 Å². The Bertz CT molecular complexity index is 689. The molecule has 2 heterocycles. The van der Waals surface area contributed by atoms with Crippen molar-refractivity contribution in [1.29, 1.82) is 0 Å². The summed E-state index contributed by atoms with van der Waals surface area (Å²) in [5.74, 6) is -0.113. The van der Waals surface area contributed by atoms with Gasteiger partial charge >= 0.3 is 5.97 Å². The van der Waals surface area contributed by atoms with Gasteiger partial charge < -0.3 is 19.5 Å². The van der Waals surface area contributed by atoms with Crippen LogP contribution in [-0.2, 0) is 17.9 Å². The third kappa shape index (κ3) is 4.80. The van der Waals surface area contributed by atoms with Gasteiger partial charge in [0.2, 0.25) is 0 Å². The highest BCUT2D eigenvalue weighted by Crippen LogP contribution is 2.22. The van der Waals surface area contributed by atoms with Crippen molar-refractivity contribution in [2.45, 2.75) is 38.1 Å². The Hall–Kier alpha value is -2.38. The van der Waals surface area contributed by atoms with E-state index in [1.165, 1.54) is 0 Å². The van der Waals surface area contributed by atoms with Crippen LogP contribution in [0, 0.1) is 0 Å². The maximum Gasteiger partial charge on any atom is 0.321 e. The molecule has 2 atom stereocenters. The summed E-state index contributed by atoms with van der Waals surface area (Å²) in [4.78, 5) is 17.1. The molecule has 0 amide bonds. The van der Waals surface area contributed by atoms with E-state index >= 15 is 0 Å². The van der Waals surface area contributed by atoms with E-state index in [1.54, 1.807) is 17.4 Å². The number of aryl methyl sites for hydroxylation is 1. The average molecular weight is 345 g/mol. The first kappa shape index (κ1) is 17.4. The van der Waals surface area contributed by atoms with E-state index in [-0.39, 0.29) is 6.42 Å². The summed E-state index contributed by atoms with van der Waals surface area (Å²) in [6, 6.07) is 7.05. The van der Waals surface area contributed by atoms with Gasteiger partial charge in [0.1, 0.15) is 11.8 Å². The number of carboxylic acid groups (broad SMARTS) is 1. The van der Waals surface area contributed by atoms with E-state index in [0.29, 0.717) is 19.7 Å². The molecule has 1 aliphatic heterocycles. The topological polar surface area (TPSA) is 87.8 Å². The summed E-state index contributed by atoms with van der Waals surface area (Å²) in [6.45, 7) is 2.32. The fourth-order valence-corrected chi connectivity index (χ4v) is 3.14. The Morgan fingerprint density at radius 2 is 2.28 bits per heavy atom. The molecule has 0 spiro atoms. The van der Waals surface area contributed by atoms with Crippen molar-refractivity contribution in [2.75, 3.05) is 13.2 Å². The van der Waals surface area contributed by atoms with Crippen molar-refractivity contribution < 1.29 is 19.7 Å². The van der Waals surface area contributed by atoms with Crippen LogP contribution >= 0.6 is 0 Å². The lowest BCUT2D eigenvalue weighted by Crippen LogP contribution is -2.35. The van der Waals surface area contributed by atoms with E-state index < -0.39 is 18.1 Å². The minimum absolute atomic E-state index is 0.278. The molecule has 1 fully saturated rings. The monoisotopic (exact) mass is 345 g/mol. The number of benzene rings is 1. The van der Waals surface area contributed by atoms with E-state index in [9.17, 15) is 15.0 Å². The molecule has 0 radical (unpaired) electrons. The lowest BCUT2D eigenvalue weighted by Gasteiger charge is -2.21. The molecule has 0 aliphatic carbocycles. The van der Waals surface area contributed by atoms with Gasteiger partial charge in [-0.25, -0.2) is 4.98 Å². The number of imidazole rings is 1. The number of aliphatic hydroxyl groups excluding tert-OH is 1. The van der Waals surface area contributed by atoms with E-state index in [1.807, 2.05) is 35.0 Å². The number of aliphatic hydroxyl groups is 1. The SMILES string of the molecule is O=C(O)[C@@H]1C[C@@H](O)CN1Cc1cccc(OCCCn2ccnc2)c1. The van der Waals surface area contributed by atoms with Crippen LogP contribution in [0.3, 0.4) is 0 Å². The van der Waals surface area contributed by atoms with Gasteiger partial charge in [-0.05, 0) is 24.1 Å². The van der Waals surface area contributed by atoms with Crippen LogP contribution in [0.5, 0.6) is 5.75 Å². The van der Waals surface area contributed by atoms with Gasteiger partial charge in [0.15, 0.2) is 0 Å². The maximum absolute atomic E-state index is 11.3. The summed E-state index contributed by atoms with van der Waals surface area (Å²) >= 11 is 0. The first-order chi connectivity index (χ1) is 12.1. The predicted octanol–water partition coefficient (Wildman–Crippen LogP) is 1.37. The van der Waals surface area contributed by atoms with Crippen LogP contribution in [0.25, 0.3) is 0 Å². The second-order valence-electron chi connectivity index (χ2n) is 6.32. The first-order valence-electron chi connectivity index (χ1n) is 8.44. The van der Waals surface area contributed by atoms with Crippen molar-refractivity contribution in [2.24, 2.45) is 0 Å². The largest absolute Gasteiger partial charge is 0.494 e. The molecule has 1 aromatic heterocycles. The number of aromatic nitrogens is 2. The zero-order valence-electron chi connectivity index (χ0n) is 14.0. The van der Waals surface area contributed by atoms with E-state index in [4.69, 9.17) is 4.74 Å².